The van der Waals surface area contributed by atoms with E-state index in [-0.39, 0.29) is 5.78 Å². The lowest BCUT2D eigenvalue weighted by atomic mass is 9.89. The van der Waals surface area contributed by atoms with Gasteiger partial charge < -0.3 is 9.53 Å². The van der Waals surface area contributed by atoms with E-state index in [1.54, 1.807) is 6.92 Å². The van der Waals surface area contributed by atoms with Gasteiger partial charge in [-0.1, -0.05) is 42.5 Å². The molecule has 0 radical (unpaired) electrons. The molecule has 3 rings (SSSR count). The van der Waals surface area contributed by atoms with Crippen molar-refractivity contribution in [2.75, 3.05) is 0 Å². The Balaban J connectivity index is 1.70. The number of ether oxygens (including phenoxy) is 1. The molecule has 2 nitrogen and oxygen atoms in total. The van der Waals surface area contributed by atoms with Crippen LogP contribution in [0.5, 0.6) is 5.75 Å². The van der Waals surface area contributed by atoms with Gasteiger partial charge in [0.25, 0.3) is 0 Å². The van der Waals surface area contributed by atoms with Crippen LogP contribution in [0.2, 0.25) is 0 Å². The molecular weight excluding hydrogens is 272 g/mol. The Morgan fingerprint density at radius 2 is 1.91 bits per heavy atom. The van der Waals surface area contributed by atoms with Gasteiger partial charge in [-0.25, -0.2) is 0 Å². The molecular formula is C20H22O2. The molecule has 0 N–H and O–H groups in total. The molecule has 0 spiro atoms. The number of rotatable bonds is 7. The van der Waals surface area contributed by atoms with Crippen molar-refractivity contribution in [1.29, 1.82) is 0 Å². The van der Waals surface area contributed by atoms with E-state index in [2.05, 4.69) is 24.3 Å². The van der Waals surface area contributed by atoms with E-state index in [0.29, 0.717) is 24.9 Å². The lowest BCUT2D eigenvalue weighted by molar-refractivity contribution is -0.117. The first kappa shape index (κ1) is 14.8. The number of carbonyl (C=O) groups is 1. The van der Waals surface area contributed by atoms with E-state index >= 15 is 0 Å². The van der Waals surface area contributed by atoms with E-state index in [9.17, 15) is 4.79 Å². The smallest absolute Gasteiger partial charge is 0.130 e. The fourth-order valence-electron chi connectivity index (χ4n) is 2.94. The van der Waals surface area contributed by atoms with Crippen LogP contribution in [0.4, 0.5) is 0 Å². The largest absolute Gasteiger partial charge is 0.489 e. The predicted octanol–water partition coefficient (Wildman–Crippen LogP) is 4.74. The number of hydrogen-bond acceptors (Lipinski definition) is 2. The molecule has 0 aliphatic heterocycles. The molecule has 2 aromatic rings. The molecule has 22 heavy (non-hydrogen) atoms. The highest BCUT2D eigenvalue weighted by molar-refractivity contribution is 5.76. The van der Waals surface area contributed by atoms with Crippen LogP contribution in [0.1, 0.15) is 43.2 Å². The first-order valence-electron chi connectivity index (χ1n) is 7.98. The molecule has 1 aliphatic carbocycles. The summed E-state index contributed by atoms with van der Waals surface area (Å²) in [6, 6.07) is 18.4. The van der Waals surface area contributed by atoms with Gasteiger partial charge in [-0.2, -0.15) is 0 Å². The summed E-state index contributed by atoms with van der Waals surface area (Å²) >= 11 is 0. The maximum absolute atomic E-state index is 11.5. The average Bonchev–Trinajstić information content (AvgIpc) is 3.36. The molecule has 1 saturated carbocycles. The zero-order chi connectivity index (χ0) is 15.4. The van der Waals surface area contributed by atoms with Crippen LogP contribution < -0.4 is 4.74 Å². The monoisotopic (exact) mass is 294 g/mol. The van der Waals surface area contributed by atoms with E-state index in [1.807, 2.05) is 30.3 Å². The molecule has 1 atom stereocenters. The average molecular weight is 294 g/mol. The summed E-state index contributed by atoms with van der Waals surface area (Å²) in [7, 11) is 0. The Bertz CT molecular complexity index is 629. The summed E-state index contributed by atoms with van der Waals surface area (Å²) in [5.41, 5.74) is 2.40. The quantitative estimate of drug-likeness (QED) is 0.737. The fourth-order valence-corrected chi connectivity index (χ4v) is 2.94. The summed E-state index contributed by atoms with van der Waals surface area (Å²) in [6.45, 7) is 2.26. The van der Waals surface area contributed by atoms with Gasteiger partial charge in [0, 0.05) is 6.42 Å². The number of Topliss-reactive ketones (excluding diaryl/α,β-unsaturated/α-hetero) is 1. The molecule has 0 heterocycles. The molecule has 114 valence electrons. The molecule has 2 aromatic carbocycles. The molecule has 0 aromatic heterocycles. The van der Waals surface area contributed by atoms with Crippen LogP contribution in [0.25, 0.3) is 0 Å². The van der Waals surface area contributed by atoms with Gasteiger partial charge >= 0.3 is 0 Å². The standard InChI is InChI=1S/C20H22O2/c1-15(21)12-20(17-10-11-17)18-8-5-9-19(13-18)22-14-16-6-3-2-4-7-16/h2-9,13,17,20H,10-12,14H2,1H3/t20-/m0/s1. The van der Waals surface area contributed by atoms with Crippen LogP contribution in [0.15, 0.2) is 54.6 Å². The summed E-state index contributed by atoms with van der Waals surface area (Å²) in [4.78, 5) is 11.5. The normalized spacial score (nSPS) is 15.3. The van der Waals surface area contributed by atoms with Crippen molar-refractivity contribution < 1.29 is 9.53 Å². The van der Waals surface area contributed by atoms with Gasteiger partial charge in [0.05, 0.1) is 0 Å². The van der Waals surface area contributed by atoms with E-state index in [0.717, 1.165) is 11.3 Å². The van der Waals surface area contributed by atoms with Crippen molar-refractivity contribution in [1.82, 2.24) is 0 Å². The molecule has 1 fully saturated rings. The zero-order valence-electron chi connectivity index (χ0n) is 13.0. The number of hydrogen-bond donors (Lipinski definition) is 0. The first-order chi connectivity index (χ1) is 10.7. The highest BCUT2D eigenvalue weighted by Gasteiger charge is 2.33. The number of benzene rings is 2. The zero-order valence-corrected chi connectivity index (χ0v) is 13.0. The minimum atomic E-state index is 0.271. The third-order valence-electron chi connectivity index (χ3n) is 4.23. The van der Waals surface area contributed by atoms with Crippen LogP contribution in [0.3, 0.4) is 0 Å². The Hall–Kier alpha value is -2.09. The molecule has 1 aliphatic rings. The van der Waals surface area contributed by atoms with Crippen LogP contribution in [-0.4, -0.2) is 5.78 Å². The minimum Gasteiger partial charge on any atom is -0.489 e. The van der Waals surface area contributed by atoms with Crippen molar-refractivity contribution in [3.8, 4) is 5.75 Å². The Morgan fingerprint density at radius 1 is 1.14 bits per heavy atom. The second-order valence-electron chi connectivity index (χ2n) is 6.20. The van der Waals surface area contributed by atoms with E-state index in [4.69, 9.17) is 4.74 Å². The highest BCUT2D eigenvalue weighted by atomic mass is 16.5. The summed E-state index contributed by atoms with van der Waals surface area (Å²) in [6.07, 6.45) is 3.13. The third-order valence-corrected chi connectivity index (χ3v) is 4.23. The molecule has 0 amide bonds. The maximum atomic E-state index is 11.5. The Labute approximate surface area is 132 Å². The number of carbonyl (C=O) groups excluding carboxylic acids is 1. The third kappa shape index (κ3) is 3.97. The second-order valence-corrected chi connectivity index (χ2v) is 6.20. The summed E-state index contributed by atoms with van der Waals surface area (Å²) < 4.78 is 5.90. The topological polar surface area (TPSA) is 26.3 Å². The van der Waals surface area contributed by atoms with Gasteiger partial charge in [0.1, 0.15) is 18.1 Å². The molecule has 0 unspecified atom stereocenters. The van der Waals surface area contributed by atoms with Gasteiger partial charge in [0.2, 0.25) is 0 Å². The van der Waals surface area contributed by atoms with Crippen molar-refractivity contribution in [2.45, 2.75) is 38.7 Å². The van der Waals surface area contributed by atoms with Crippen molar-refractivity contribution in [3.05, 3.63) is 65.7 Å². The lowest BCUT2D eigenvalue weighted by Crippen LogP contribution is -2.07. The maximum Gasteiger partial charge on any atom is 0.130 e. The minimum absolute atomic E-state index is 0.271. The first-order valence-corrected chi connectivity index (χ1v) is 7.98. The van der Waals surface area contributed by atoms with Gasteiger partial charge in [-0.05, 0) is 54.9 Å². The van der Waals surface area contributed by atoms with Gasteiger partial charge in [0.15, 0.2) is 0 Å². The SMILES string of the molecule is CC(=O)C[C@H](c1cccc(OCc2ccccc2)c1)C1CC1. The summed E-state index contributed by atoms with van der Waals surface area (Å²) in [5.74, 6) is 2.19. The van der Waals surface area contributed by atoms with E-state index < -0.39 is 0 Å². The van der Waals surface area contributed by atoms with Gasteiger partial charge in [-0.3, -0.25) is 0 Å². The lowest BCUT2D eigenvalue weighted by Gasteiger charge is -2.16. The van der Waals surface area contributed by atoms with Gasteiger partial charge in [-0.15, -0.1) is 0 Å². The molecule has 0 bridgehead atoms. The Morgan fingerprint density at radius 3 is 2.59 bits per heavy atom. The number of ketones is 1. The summed E-state index contributed by atoms with van der Waals surface area (Å²) in [5, 5.41) is 0. The van der Waals surface area contributed by atoms with E-state index in [1.165, 1.54) is 18.4 Å². The van der Waals surface area contributed by atoms with Crippen molar-refractivity contribution >= 4 is 5.78 Å². The second kappa shape index (κ2) is 6.78. The van der Waals surface area contributed by atoms with Crippen molar-refractivity contribution in [2.24, 2.45) is 5.92 Å². The van der Waals surface area contributed by atoms with Crippen LogP contribution in [0, 0.1) is 5.92 Å². The Kier molecular flexibility index (Phi) is 4.57. The fraction of sp³-hybridized carbons (Fsp3) is 0.350. The highest BCUT2D eigenvalue weighted by Crippen LogP contribution is 2.45. The molecule has 2 heteroatoms. The van der Waals surface area contributed by atoms with Crippen LogP contribution >= 0.6 is 0 Å². The molecule has 0 saturated heterocycles. The van der Waals surface area contributed by atoms with Crippen LogP contribution in [-0.2, 0) is 11.4 Å². The van der Waals surface area contributed by atoms with Crippen molar-refractivity contribution in [3.63, 3.8) is 0 Å². The predicted molar refractivity (Wildman–Crippen MR) is 88.0 cm³/mol.